The van der Waals surface area contributed by atoms with Crippen molar-refractivity contribution in [3.63, 3.8) is 0 Å². The molecule has 0 saturated carbocycles. The van der Waals surface area contributed by atoms with Crippen LogP contribution in [0.1, 0.15) is 20.8 Å². The van der Waals surface area contributed by atoms with Crippen molar-refractivity contribution in [2.75, 3.05) is 0 Å². The average Bonchev–Trinajstić information content (AvgIpc) is 1.80. The SMILES string of the molecule is CC1=CC(C)C=CC1C. The number of hydrogen-bond acceptors (Lipinski definition) is 0. The van der Waals surface area contributed by atoms with Gasteiger partial charge < -0.3 is 0 Å². The van der Waals surface area contributed by atoms with Crippen LogP contribution < -0.4 is 0 Å². The molecule has 0 bridgehead atoms. The van der Waals surface area contributed by atoms with Crippen molar-refractivity contribution in [1.29, 1.82) is 0 Å². The van der Waals surface area contributed by atoms with Crippen molar-refractivity contribution >= 4 is 0 Å². The summed E-state index contributed by atoms with van der Waals surface area (Å²) < 4.78 is 0. The first-order chi connectivity index (χ1) is 4.20. The summed E-state index contributed by atoms with van der Waals surface area (Å²) in [5.74, 6) is 1.32. The molecule has 1 aliphatic rings. The van der Waals surface area contributed by atoms with Crippen LogP contribution in [0.15, 0.2) is 23.8 Å². The Morgan fingerprint density at radius 2 is 1.89 bits per heavy atom. The molecule has 0 aromatic heterocycles. The summed E-state index contributed by atoms with van der Waals surface area (Å²) >= 11 is 0. The molecule has 1 aliphatic carbocycles. The number of hydrogen-bond donors (Lipinski definition) is 0. The summed E-state index contributed by atoms with van der Waals surface area (Å²) in [6.07, 6.45) is 6.86. The van der Waals surface area contributed by atoms with Crippen LogP contribution in [0, 0.1) is 11.8 Å². The highest BCUT2D eigenvalue weighted by Gasteiger charge is 2.05. The normalized spacial score (nSPS) is 34.3. The second-order valence-electron chi connectivity index (χ2n) is 2.94. The van der Waals surface area contributed by atoms with Crippen molar-refractivity contribution in [3.05, 3.63) is 23.8 Å². The minimum Gasteiger partial charge on any atom is -0.0813 e. The van der Waals surface area contributed by atoms with Gasteiger partial charge in [0.2, 0.25) is 0 Å². The molecule has 0 nitrogen and oxygen atoms in total. The summed E-state index contributed by atoms with van der Waals surface area (Å²) in [6.45, 7) is 6.64. The van der Waals surface area contributed by atoms with Gasteiger partial charge in [0, 0.05) is 0 Å². The van der Waals surface area contributed by atoms with Crippen LogP contribution in [-0.4, -0.2) is 0 Å². The highest BCUT2D eigenvalue weighted by atomic mass is 14.1. The smallest absolute Gasteiger partial charge is 0.00540 e. The molecule has 0 heteroatoms. The van der Waals surface area contributed by atoms with Crippen LogP contribution in [0.25, 0.3) is 0 Å². The lowest BCUT2D eigenvalue weighted by Gasteiger charge is -2.14. The van der Waals surface area contributed by atoms with Crippen molar-refractivity contribution in [1.82, 2.24) is 0 Å². The van der Waals surface area contributed by atoms with E-state index < -0.39 is 0 Å². The number of allylic oxidation sites excluding steroid dienone is 4. The van der Waals surface area contributed by atoms with Crippen LogP contribution in [0.3, 0.4) is 0 Å². The number of rotatable bonds is 0. The highest BCUT2D eigenvalue weighted by molar-refractivity contribution is 5.18. The minimum absolute atomic E-state index is 0.654. The maximum atomic E-state index is 2.32. The lowest BCUT2D eigenvalue weighted by atomic mass is 9.92. The first-order valence-corrected chi connectivity index (χ1v) is 3.57. The Bertz CT molecular complexity index is 151. The molecule has 2 unspecified atom stereocenters. The first kappa shape index (κ1) is 6.60. The van der Waals surface area contributed by atoms with E-state index in [0.717, 1.165) is 0 Å². The van der Waals surface area contributed by atoms with Gasteiger partial charge in [-0.3, -0.25) is 0 Å². The average molecular weight is 122 g/mol. The zero-order chi connectivity index (χ0) is 6.85. The third-order valence-electron chi connectivity index (χ3n) is 1.95. The maximum Gasteiger partial charge on any atom is -0.00540 e. The molecule has 0 radical (unpaired) electrons. The Morgan fingerprint density at radius 3 is 2.33 bits per heavy atom. The van der Waals surface area contributed by atoms with Gasteiger partial charge in [-0.15, -0.1) is 0 Å². The Labute approximate surface area is 57.3 Å². The molecule has 0 aromatic rings. The third-order valence-corrected chi connectivity index (χ3v) is 1.95. The summed E-state index contributed by atoms with van der Waals surface area (Å²) in [7, 11) is 0. The Kier molecular flexibility index (Phi) is 1.75. The van der Waals surface area contributed by atoms with E-state index in [1.54, 1.807) is 0 Å². The predicted molar refractivity (Wildman–Crippen MR) is 41.2 cm³/mol. The van der Waals surface area contributed by atoms with E-state index in [2.05, 4.69) is 39.0 Å². The van der Waals surface area contributed by atoms with E-state index in [1.165, 1.54) is 5.57 Å². The Balaban J connectivity index is 2.70. The molecule has 9 heavy (non-hydrogen) atoms. The summed E-state index contributed by atoms with van der Waals surface area (Å²) in [5, 5.41) is 0. The van der Waals surface area contributed by atoms with Gasteiger partial charge >= 0.3 is 0 Å². The molecule has 0 spiro atoms. The largest absolute Gasteiger partial charge is 0.0813 e. The van der Waals surface area contributed by atoms with Crippen molar-refractivity contribution in [2.24, 2.45) is 11.8 Å². The molecule has 0 N–H and O–H groups in total. The fourth-order valence-corrected chi connectivity index (χ4v) is 1.12. The van der Waals surface area contributed by atoms with Crippen LogP contribution in [-0.2, 0) is 0 Å². The molecule has 50 valence electrons. The van der Waals surface area contributed by atoms with Crippen LogP contribution in [0.5, 0.6) is 0 Å². The molecule has 0 saturated heterocycles. The molecule has 0 aliphatic heterocycles. The Hall–Kier alpha value is -0.520. The van der Waals surface area contributed by atoms with Crippen molar-refractivity contribution in [2.45, 2.75) is 20.8 Å². The van der Waals surface area contributed by atoms with Gasteiger partial charge in [0.25, 0.3) is 0 Å². The quantitative estimate of drug-likeness (QED) is 0.433. The van der Waals surface area contributed by atoms with Gasteiger partial charge in [0.1, 0.15) is 0 Å². The predicted octanol–water partition coefficient (Wildman–Crippen LogP) is 2.77. The summed E-state index contributed by atoms with van der Waals surface area (Å²) in [4.78, 5) is 0. The lowest BCUT2D eigenvalue weighted by molar-refractivity contribution is 0.775. The molecule has 0 amide bonds. The van der Waals surface area contributed by atoms with E-state index in [0.29, 0.717) is 11.8 Å². The van der Waals surface area contributed by atoms with Gasteiger partial charge in [0.05, 0.1) is 0 Å². The van der Waals surface area contributed by atoms with Crippen LogP contribution in [0.4, 0.5) is 0 Å². The van der Waals surface area contributed by atoms with Gasteiger partial charge in [0.15, 0.2) is 0 Å². The second kappa shape index (κ2) is 2.38. The second-order valence-corrected chi connectivity index (χ2v) is 2.94. The zero-order valence-corrected chi connectivity index (χ0v) is 6.39. The minimum atomic E-state index is 0.654. The molecule has 0 heterocycles. The standard InChI is InChI=1S/C9H14/c1-7-4-5-8(2)9(3)6-7/h4-8H,1-3H3. The van der Waals surface area contributed by atoms with E-state index in [-0.39, 0.29) is 0 Å². The molecule has 0 fully saturated rings. The molecular formula is C9H14. The van der Waals surface area contributed by atoms with Crippen molar-refractivity contribution < 1.29 is 0 Å². The highest BCUT2D eigenvalue weighted by Crippen LogP contribution is 2.20. The molecule has 1 rings (SSSR count). The fraction of sp³-hybridized carbons (Fsp3) is 0.556. The van der Waals surface area contributed by atoms with Crippen molar-refractivity contribution in [3.8, 4) is 0 Å². The van der Waals surface area contributed by atoms with Crippen LogP contribution in [0.2, 0.25) is 0 Å². The van der Waals surface area contributed by atoms with E-state index in [1.807, 2.05) is 0 Å². The van der Waals surface area contributed by atoms with Gasteiger partial charge in [-0.2, -0.15) is 0 Å². The molecular weight excluding hydrogens is 108 g/mol. The van der Waals surface area contributed by atoms with Gasteiger partial charge in [-0.05, 0) is 18.8 Å². The molecule has 2 atom stereocenters. The lowest BCUT2D eigenvalue weighted by Crippen LogP contribution is -2.00. The monoisotopic (exact) mass is 122 g/mol. The van der Waals surface area contributed by atoms with E-state index >= 15 is 0 Å². The summed E-state index contributed by atoms with van der Waals surface area (Å²) in [6, 6.07) is 0. The zero-order valence-electron chi connectivity index (χ0n) is 6.39. The fourth-order valence-electron chi connectivity index (χ4n) is 1.12. The van der Waals surface area contributed by atoms with Crippen LogP contribution >= 0.6 is 0 Å². The van der Waals surface area contributed by atoms with E-state index in [9.17, 15) is 0 Å². The Morgan fingerprint density at radius 1 is 1.22 bits per heavy atom. The van der Waals surface area contributed by atoms with Gasteiger partial charge in [-0.25, -0.2) is 0 Å². The maximum absolute atomic E-state index is 2.32. The third kappa shape index (κ3) is 1.44. The van der Waals surface area contributed by atoms with E-state index in [4.69, 9.17) is 0 Å². The summed E-state index contributed by atoms with van der Waals surface area (Å²) in [5.41, 5.74) is 1.50. The first-order valence-electron chi connectivity index (χ1n) is 3.57. The molecule has 0 aromatic carbocycles. The van der Waals surface area contributed by atoms with Gasteiger partial charge in [-0.1, -0.05) is 37.6 Å². The topological polar surface area (TPSA) is 0 Å².